The molecular formula is C27H40N6O6S. The number of aliphatic carboxylic acids is 1. The van der Waals surface area contributed by atoms with Crippen LogP contribution in [0.15, 0.2) is 30.5 Å². The summed E-state index contributed by atoms with van der Waals surface area (Å²) in [5.41, 5.74) is 12.6. The van der Waals surface area contributed by atoms with E-state index in [1.165, 1.54) is 11.8 Å². The van der Waals surface area contributed by atoms with E-state index in [0.717, 1.165) is 16.5 Å². The van der Waals surface area contributed by atoms with Crippen molar-refractivity contribution >= 4 is 52.3 Å². The van der Waals surface area contributed by atoms with Crippen molar-refractivity contribution in [2.45, 2.75) is 70.1 Å². The molecule has 4 unspecified atom stereocenters. The molecule has 0 aliphatic carbocycles. The first kappa shape index (κ1) is 32.6. The van der Waals surface area contributed by atoms with Crippen LogP contribution < -0.4 is 27.4 Å². The van der Waals surface area contributed by atoms with E-state index in [9.17, 15) is 29.1 Å². The molecule has 0 saturated heterocycles. The van der Waals surface area contributed by atoms with Crippen LogP contribution in [0.2, 0.25) is 0 Å². The molecule has 13 heteroatoms. The molecule has 4 atom stereocenters. The van der Waals surface area contributed by atoms with E-state index in [2.05, 4.69) is 20.9 Å². The highest BCUT2D eigenvalue weighted by Crippen LogP contribution is 2.19. The third kappa shape index (κ3) is 10.2. The molecule has 0 fully saturated rings. The molecule has 1 aromatic carbocycles. The molecule has 1 aromatic heterocycles. The largest absolute Gasteiger partial charge is 0.480 e. The first-order valence-corrected chi connectivity index (χ1v) is 14.5. The lowest BCUT2D eigenvalue weighted by Crippen LogP contribution is -2.57. The van der Waals surface area contributed by atoms with Crippen molar-refractivity contribution in [3.8, 4) is 0 Å². The van der Waals surface area contributed by atoms with Gasteiger partial charge in [-0.1, -0.05) is 32.0 Å². The summed E-state index contributed by atoms with van der Waals surface area (Å²) in [6.07, 6.45) is 4.09. The number of aromatic amines is 1. The first-order chi connectivity index (χ1) is 18.9. The number of nitrogens with two attached hydrogens (primary N) is 2. The third-order valence-corrected chi connectivity index (χ3v) is 6.98. The molecule has 0 bridgehead atoms. The number of carboxylic acids is 1. The van der Waals surface area contributed by atoms with Crippen molar-refractivity contribution in [1.82, 2.24) is 20.9 Å². The van der Waals surface area contributed by atoms with E-state index in [1.54, 1.807) is 6.20 Å². The van der Waals surface area contributed by atoms with Gasteiger partial charge in [0.05, 0.1) is 6.04 Å². The van der Waals surface area contributed by atoms with Gasteiger partial charge in [0.2, 0.25) is 23.6 Å². The topological polar surface area (TPSA) is 209 Å². The lowest BCUT2D eigenvalue weighted by Gasteiger charge is -2.25. The van der Waals surface area contributed by atoms with Gasteiger partial charge in [0, 0.05) is 29.9 Å². The van der Waals surface area contributed by atoms with Crippen LogP contribution in [0.25, 0.3) is 10.9 Å². The Hall–Kier alpha value is -3.58. The van der Waals surface area contributed by atoms with Gasteiger partial charge in [-0.3, -0.25) is 19.2 Å². The Balaban J connectivity index is 2.29. The number of hydrogen-bond donors (Lipinski definition) is 7. The van der Waals surface area contributed by atoms with Gasteiger partial charge in [-0.2, -0.15) is 11.8 Å². The van der Waals surface area contributed by atoms with Crippen LogP contribution in [0.5, 0.6) is 0 Å². The van der Waals surface area contributed by atoms with E-state index in [0.29, 0.717) is 5.75 Å². The van der Waals surface area contributed by atoms with Crippen molar-refractivity contribution in [2.24, 2.45) is 17.4 Å². The second kappa shape index (κ2) is 15.9. The number of hydrogen-bond acceptors (Lipinski definition) is 7. The van der Waals surface area contributed by atoms with Gasteiger partial charge in [0.25, 0.3) is 0 Å². The van der Waals surface area contributed by atoms with E-state index < -0.39 is 53.8 Å². The number of benzene rings is 1. The van der Waals surface area contributed by atoms with Gasteiger partial charge in [-0.15, -0.1) is 0 Å². The zero-order chi connectivity index (χ0) is 29.8. The number of thioether (sulfide) groups is 1. The number of rotatable bonds is 17. The van der Waals surface area contributed by atoms with Crippen LogP contribution in [-0.4, -0.2) is 75.9 Å². The second-order valence-corrected chi connectivity index (χ2v) is 11.1. The fraction of sp³-hybridized carbons (Fsp3) is 0.519. The minimum atomic E-state index is -1.17. The van der Waals surface area contributed by atoms with E-state index in [4.69, 9.17) is 11.5 Å². The van der Waals surface area contributed by atoms with Gasteiger partial charge >= 0.3 is 5.97 Å². The molecule has 0 aliphatic rings. The number of amides is 4. The Kier molecular flexibility index (Phi) is 12.9. The molecule has 1 heterocycles. The molecule has 0 spiro atoms. The highest BCUT2D eigenvalue weighted by molar-refractivity contribution is 7.98. The Bertz CT molecular complexity index is 1190. The fourth-order valence-corrected chi connectivity index (χ4v) is 4.65. The molecule has 4 amide bonds. The maximum Gasteiger partial charge on any atom is 0.326 e. The Morgan fingerprint density at radius 2 is 1.57 bits per heavy atom. The zero-order valence-corrected chi connectivity index (χ0v) is 23.9. The summed E-state index contributed by atoms with van der Waals surface area (Å²) in [7, 11) is 0. The standard InChI is InChI=1S/C27H40N6O6S/c1-15(2)12-22(27(38)39)33-26(37)21(13-16-14-30-19-7-5-4-6-17(16)19)32-25(36)20(10-11-40-3)31-24(35)18(28)8-9-23(29)34/h4-7,14-15,18,20-22,30H,8-13,28H2,1-3H3,(H2,29,34)(H,31,35)(H,32,36)(H,33,37)(H,38,39). The zero-order valence-electron chi connectivity index (χ0n) is 23.1. The molecule has 2 aromatic rings. The van der Waals surface area contributed by atoms with Crippen LogP contribution in [0, 0.1) is 5.92 Å². The maximum atomic E-state index is 13.4. The molecule has 12 nitrogen and oxygen atoms in total. The highest BCUT2D eigenvalue weighted by Gasteiger charge is 2.31. The Morgan fingerprint density at radius 1 is 0.950 bits per heavy atom. The van der Waals surface area contributed by atoms with Crippen LogP contribution in [-0.2, 0) is 30.4 Å². The molecule has 220 valence electrons. The monoisotopic (exact) mass is 576 g/mol. The first-order valence-electron chi connectivity index (χ1n) is 13.1. The lowest BCUT2D eigenvalue weighted by atomic mass is 10.0. The summed E-state index contributed by atoms with van der Waals surface area (Å²) >= 11 is 1.47. The van der Waals surface area contributed by atoms with Crippen LogP contribution in [0.3, 0.4) is 0 Å². The summed E-state index contributed by atoms with van der Waals surface area (Å²) in [6, 6.07) is 3.16. The predicted molar refractivity (Wildman–Crippen MR) is 154 cm³/mol. The highest BCUT2D eigenvalue weighted by atomic mass is 32.2. The number of para-hydroxylation sites is 1. The van der Waals surface area contributed by atoms with Crippen LogP contribution in [0.4, 0.5) is 0 Å². The summed E-state index contributed by atoms with van der Waals surface area (Å²) in [6.45, 7) is 3.70. The fourth-order valence-electron chi connectivity index (χ4n) is 4.18. The van der Waals surface area contributed by atoms with Gasteiger partial charge in [-0.25, -0.2) is 4.79 Å². The molecule has 9 N–H and O–H groups in total. The normalized spacial score (nSPS) is 14.2. The van der Waals surface area contributed by atoms with Gasteiger partial charge in [0.1, 0.15) is 18.1 Å². The molecular weight excluding hydrogens is 536 g/mol. The summed E-state index contributed by atoms with van der Waals surface area (Å²) in [5, 5.41) is 18.4. The number of primary amides is 1. The van der Waals surface area contributed by atoms with Crippen LogP contribution >= 0.6 is 11.8 Å². The smallest absolute Gasteiger partial charge is 0.326 e. The molecule has 0 aliphatic heterocycles. The molecule has 0 radical (unpaired) electrons. The summed E-state index contributed by atoms with van der Waals surface area (Å²) in [4.78, 5) is 65.5. The maximum absolute atomic E-state index is 13.4. The summed E-state index contributed by atoms with van der Waals surface area (Å²) < 4.78 is 0. The average Bonchev–Trinajstić information content (AvgIpc) is 3.30. The Labute approximate surface area is 237 Å². The average molecular weight is 577 g/mol. The molecule has 0 saturated carbocycles. The minimum absolute atomic E-state index is 0.00738. The van der Waals surface area contributed by atoms with Crippen molar-refractivity contribution < 1.29 is 29.1 Å². The predicted octanol–water partition coefficient (Wildman–Crippen LogP) is 0.641. The lowest BCUT2D eigenvalue weighted by molar-refractivity contribution is -0.142. The quantitative estimate of drug-likeness (QED) is 0.142. The van der Waals surface area contributed by atoms with Crippen LogP contribution in [0.1, 0.15) is 45.1 Å². The van der Waals surface area contributed by atoms with Gasteiger partial charge in [-0.05, 0) is 48.8 Å². The van der Waals surface area contributed by atoms with Crippen molar-refractivity contribution in [2.75, 3.05) is 12.0 Å². The van der Waals surface area contributed by atoms with E-state index in [1.807, 2.05) is 44.4 Å². The van der Waals surface area contributed by atoms with Crippen molar-refractivity contribution in [3.05, 3.63) is 36.0 Å². The minimum Gasteiger partial charge on any atom is -0.480 e. The number of carbonyl (C=O) groups is 5. The second-order valence-electron chi connectivity index (χ2n) is 10.1. The summed E-state index contributed by atoms with van der Waals surface area (Å²) in [5.74, 6) is -3.11. The van der Waals surface area contributed by atoms with Gasteiger partial charge < -0.3 is 37.5 Å². The van der Waals surface area contributed by atoms with Gasteiger partial charge in [0.15, 0.2) is 0 Å². The van der Waals surface area contributed by atoms with Crippen molar-refractivity contribution in [1.29, 1.82) is 0 Å². The third-order valence-electron chi connectivity index (χ3n) is 6.34. The number of fused-ring (bicyclic) bond motifs is 1. The molecule has 40 heavy (non-hydrogen) atoms. The number of carbonyl (C=O) groups excluding carboxylic acids is 4. The number of nitrogens with one attached hydrogen (secondary N) is 4. The number of H-pyrrole nitrogens is 1. The molecule has 2 rings (SSSR count). The van der Waals surface area contributed by atoms with E-state index >= 15 is 0 Å². The number of carboxylic acid groups (broad SMARTS) is 1. The van der Waals surface area contributed by atoms with Crippen molar-refractivity contribution in [3.63, 3.8) is 0 Å². The SMILES string of the molecule is CSCCC(NC(=O)C(N)CCC(N)=O)C(=O)NC(Cc1c[nH]c2ccccc12)C(=O)NC(CC(C)C)C(=O)O. The number of aromatic nitrogens is 1. The van der Waals surface area contributed by atoms with E-state index in [-0.39, 0.29) is 38.0 Å². The Morgan fingerprint density at radius 3 is 2.20 bits per heavy atom.